The highest BCUT2D eigenvalue weighted by molar-refractivity contribution is 7.89. The molecule has 5 nitrogen and oxygen atoms in total. The summed E-state index contributed by atoms with van der Waals surface area (Å²) in [6.07, 6.45) is 0. The molecule has 6 heteroatoms. The van der Waals surface area contributed by atoms with Crippen LogP contribution >= 0.6 is 0 Å². The summed E-state index contributed by atoms with van der Waals surface area (Å²) >= 11 is 0. The third kappa shape index (κ3) is 4.28. The number of hydrogen-bond acceptors (Lipinski definition) is 4. The van der Waals surface area contributed by atoms with Gasteiger partial charge < -0.3 is 10.1 Å². The van der Waals surface area contributed by atoms with Crippen molar-refractivity contribution in [3.63, 3.8) is 0 Å². The standard InChI is InChI=1S/C14H24N2O3S/c1-5-19-11-10-16(4)20(17,18)14-8-6-13(7-9-14)12(2)15-3/h6-9,12,15H,5,10-11H2,1-4H3. The molecule has 20 heavy (non-hydrogen) atoms. The van der Waals surface area contributed by atoms with Crippen molar-refractivity contribution in [1.82, 2.24) is 9.62 Å². The first-order valence-corrected chi connectivity index (χ1v) is 8.18. The molecule has 1 atom stereocenters. The van der Waals surface area contributed by atoms with Crippen LogP contribution in [0.25, 0.3) is 0 Å². The van der Waals surface area contributed by atoms with Gasteiger partial charge in [-0.1, -0.05) is 12.1 Å². The van der Waals surface area contributed by atoms with E-state index in [1.807, 2.05) is 33.0 Å². The Bertz CT molecular complexity index is 500. The van der Waals surface area contributed by atoms with Crippen LogP contribution < -0.4 is 5.32 Å². The number of sulfonamides is 1. The molecular weight excluding hydrogens is 276 g/mol. The second kappa shape index (κ2) is 7.73. The van der Waals surface area contributed by atoms with Gasteiger partial charge in [-0.2, -0.15) is 4.31 Å². The van der Waals surface area contributed by atoms with Gasteiger partial charge in [0.05, 0.1) is 11.5 Å². The molecule has 0 aliphatic heterocycles. The smallest absolute Gasteiger partial charge is 0.242 e. The van der Waals surface area contributed by atoms with E-state index in [4.69, 9.17) is 4.74 Å². The van der Waals surface area contributed by atoms with E-state index in [2.05, 4.69) is 5.32 Å². The maximum atomic E-state index is 12.3. The zero-order chi connectivity index (χ0) is 15.2. The van der Waals surface area contributed by atoms with E-state index in [0.29, 0.717) is 24.7 Å². The molecule has 0 amide bonds. The Balaban J connectivity index is 2.82. The van der Waals surface area contributed by atoms with Crippen molar-refractivity contribution in [1.29, 1.82) is 0 Å². The second-order valence-electron chi connectivity index (χ2n) is 4.60. The van der Waals surface area contributed by atoms with Crippen LogP contribution in [0.4, 0.5) is 0 Å². The molecule has 0 bridgehead atoms. The Kier molecular flexibility index (Phi) is 6.61. The van der Waals surface area contributed by atoms with Gasteiger partial charge in [-0.25, -0.2) is 8.42 Å². The quantitative estimate of drug-likeness (QED) is 0.741. The van der Waals surface area contributed by atoms with E-state index in [1.165, 1.54) is 4.31 Å². The summed E-state index contributed by atoms with van der Waals surface area (Å²) in [6, 6.07) is 7.17. The fourth-order valence-corrected chi connectivity index (χ4v) is 2.89. The van der Waals surface area contributed by atoms with Gasteiger partial charge in [0.25, 0.3) is 0 Å². The topological polar surface area (TPSA) is 58.6 Å². The number of benzene rings is 1. The van der Waals surface area contributed by atoms with E-state index in [-0.39, 0.29) is 6.04 Å². The van der Waals surface area contributed by atoms with Gasteiger partial charge in [-0.15, -0.1) is 0 Å². The number of nitrogens with one attached hydrogen (secondary N) is 1. The minimum atomic E-state index is -3.44. The first-order chi connectivity index (χ1) is 9.43. The first-order valence-electron chi connectivity index (χ1n) is 6.74. The Hall–Kier alpha value is -0.950. The van der Waals surface area contributed by atoms with Gasteiger partial charge in [0, 0.05) is 26.2 Å². The van der Waals surface area contributed by atoms with E-state index < -0.39 is 10.0 Å². The predicted molar refractivity (Wildman–Crippen MR) is 80.2 cm³/mol. The lowest BCUT2D eigenvalue weighted by Crippen LogP contribution is -2.30. The normalized spacial score (nSPS) is 13.7. The van der Waals surface area contributed by atoms with Gasteiger partial charge in [-0.3, -0.25) is 0 Å². The van der Waals surface area contributed by atoms with Gasteiger partial charge in [0.15, 0.2) is 0 Å². The highest BCUT2D eigenvalue weighted by Gasteiger charge is 2.20. The highest BCUT2D eigenvalue weighted by Crippen LogP contribution is 2.18. The Morgan fingerprint density at radius 1 is 1.30 bits per heavy atom. The molecule has 1 unspecified atom stereocenters. The molecule has 0 radical (unpaired) electrons. The van der Waals surface area contributed by atoms with Crippen LogP contribution in [-0.2, 0) is 14.8 Å². The van der Waals surface area contributed by atoms with Gasteiger partial charge in [-0.05, 0) is 38.6 Å². The fourth-order valence-electron chi connectivity index (χ4n) is 1.73. The minimum absolute atomic E-state index is 0.197. The summed E-state index contributed by atoms with van der Waals surface area (Å²) in [6.45, 7) is 5.25. The van der Waals surface area contributed by atoms with Gasteiger partial charge in [0.1, 0.15) is 0 Å². The zero-order valence-electron chi connectivity index (χ0n) is 12.6. The highest BCUT2D eigenvalue weighted by atomic mass is 32.2. The van der Waals surface area contributed by atoms with Crippen molar-refractivity contribution in [3.05, 3.63) is 29.8 Å². The van der Waals surface area contributed by atoms with Crippen LogP contribution in [0, 0.1) is 0 Å². The summed E-state index contributed by atoms with van der Waals surface area (Å²) in [5.41, 5.74) is 1.06. The first kappa shape index (κ1) is 17.1. The number of likely N-dealkylation sites (N-methyl/N-ethyl adjacent to an activating group) is 1. The fraction of sp³-hybridized carbons (Fsp3) is 0.571. The van der Waals surface area contributed by atoms with Crippen molar-refractivity contribution in [2.75, 3.05) is 33.9 Å². The van der Waals surface area contributed by atoms with Crippen LogP contribution in [-0.4, -0.2) is 46.6 Å². The van der Waals surface area contributed by atoms with Crippen LogP contribution in [0.3, 0.4) is 0 Å². The molecule has 0 heterocycles. The van der Waals surface area contributed by atoms with Crippen molar-refractivity contribution >= 4 is 10.0 Å². The molecule has 1 rings (SSSR count). The number of rotatable bonds is 8. The van der Waals surface area contributed by atoms with Crippen molar-refractivity contribution in [2.45, 2.75) is 24.8 Å². The van der Waals surface area contributed by atoms with Crippen LogP contribution in [0.2, 0.25) is 0 Å². The van der Waals surface area contributed by atoms with Crippen LogP contribution in [0.1, 0.15) is 25.5 Å². The van der Waals surface area contributed by atoms with Crippen molar-refractivity contribution in [3.8, 4) is 0 Å². The number of nitrogens with zero attached hydrogens (tertiary/aromatic N) is 1. The SMILES string of the molecule is CCOCCN(C)S(=O)(=O)c1ccc(C(C)NC)cc1. The lowest BCUT2D eigenvalue weighted by atomic mass is 10.1. The van der Waals surface area contributed by atoms with E-state index in [1.54, 1.807) is 19.2 Å². The summed E-state index contributed by atoms with van der Waals surface area (Å²) < 4.78 is 31.2. The third-order valence-corrected chi connectivity index (χ3v) is 5.15. The molecule has 1 aromatic rings. The summed E-state index contributed by atoms with van der Waals surface area (Å²) in [5.74, 6) is 0. The van der Waals surface area contributed by atoms with Gasteiger partial charge in [0.2, 0.25) is 10.0 Å². The molecule has 0 saturated carbocycles. The maximum absolute atomic E-state index is 12.3. The van der Waals surface area contributed by atoms with Crippen LogP contribution in [0.5, 0.6) is 0 Å². The van der Waals surface area contributed by atoms with E-state index in [0.717, 1.165) is 5.56 Å². The van der Waals surface area contributed by atoms with Crippen molar-refractivity contribution < 1.29 is 13.2 Å². The molecule has 0 aliphatic carbocycles. The lowest BCUT2D eigenvalue weighted by Gasteiger charge is -2.18. The van der Waals surface area contributed by atoms with Gasteiger partial charge >= 0.3 is 0 Å². The minimum Gasteiger partial charge on any atom is -0.380 e. The second-order valence-corrected chi connectivity index (χ2v) is 6.65. The number of ether oxygens (including phenoxy) is 1. The molecule has 0 spiro atoms. The monoisotopic (exact) mass is 300 g/mol. The van der Waals surface area contributed by atoms with E-state index in [9.17, 15) is 8.42 Å². The Morgan fingerprint density at radius 3 is 2.40 bits per heavy atom. The maximum Gasteiger partial charge on any atom is 0.242 e. The molecule has 114 valence electrons. The molecule has 0 saturated heterocycles. The Labute approximate surface area is 122 Å². The average molecular weight is 300 g/mol. The molecule has 1 N–H and O–H groups in total. The van der Waals surface area contributed by atoms with Crippen molar-refractivity contribution in [2.24, 2.45) is 0 Å². The van der Waals surface area contributed by atoms with E-state index >= 15 is 0 Å². The lowest BCUT2D eigenvalue weighted by molar-refractivity contribution is 0.138. The summed E-state index contributed by atoms with van der Waals surface area (Å²) in [5, 5.41) is 3.12. The third-order valence-electron chi connectivity index (χ3n) is 3.28. The van der Waals surface area contributed by atoms with Crippen LogP contribution in [0.15, 0.2) is 29.2 Å². The number of hydrogen-bond donors (Lipinski definition) is 1. The molecule has 0 aliphatic rings. The predicted octanol–water partition coefficient (Wildman–Crippen LogP) is 1.62. The summed E-state index contributed by atoms with van der Waals surface area (Å²) in [7, 11) is 0.00410. The largest absolute Gasteiger partial charge is 0.380 e. The summed E-state index contributed by atoms with van der Waals surface area (Å²) in [4.78, 5) is 0.309. The zero-order valence-corrected chi connectivity index (χ0v) is 13.4. The molecule has 0 aromatic heterocycles. The molecular formula is C14H24N2O3S. The molecule has 1 aromatic carbocycles. The Morgan fingerprint density at radius 2 is 1.90 bits per heavy atom. The molecule has 0 fully saturated rings. The average Bonchev–Trinajstić information content (AvgIpc) is 2.46.